The van der Waals surface area contributed by atoms with Crippen LogP contribution >= 0.6 is 0 Å². The van der Waals surface area contributed by atoms with Gasteiger partial charge in [0, 0.05) is 19.1 Å². The summed E-state index contributed by atoms with van der Waals surface area (Å²) in [5.41, 5.74) is 0. The lowest BCUT2D eigenvalue weighted by Crippen LogP contribution is -2.48. The molecule has 3 atom stereocenters. The van der Waals surface area contributed by atoms with Crippen molar-refractivity contribution in [3.8, 4) is 0 Å². The molecule has 3 unspecified atom stereocenters. The molecule has 2 rings (SSSR count). The number of hydrogen-bond donors (Lipinski definition) is 2. The highest BCUT2D eigenvalue weighted by Crippen LogP contribution is 2.27. The summed E-state index contributed by atoms with van der Waals surface area (Å²) in [4.78, 5) is 13.8. The second-order valence-corrected chi connectivity index (χ2v) is 4.62. The first-order valence-corrected chi connectivity index (χ1v) is 5.92. The van der Waals surface area contributed by atoms with Gasteiger partial charge in [0.05, 0.1) is 12.0 Å². The van der Waals surface area contributed by atoms with Gasteiger partial charge in [-0.15, -0.1) is 0 Å². The number of β-amino-alcohol motifs (C(OH)–C–C–N with tert-alkyl or cyclic N) is 1. The van der Waals surface area contributed by atoms with E-state index in [2.05, 4.69) is 10.2 Å². The number of carbonyl (C=O) groups is 1. The molecule has 2 aliphatic heterocycles. The Morgan fingerprint density at radius 1 is 1.67 bits per heavy atom. The van der Waals surface area contributed by atoms with Crippen molar-refractivity contribution in [2.24, 2.45) is 5.92 Å². The van der Waals surface area contributed by atoms with E-state index in [-0.39, 0.29) is 17.9 Å². The zero-order valence-corrected chi connectivity index (χ0v) is 9.28. The van der Waals surface area contributed by atoms with E-state index in [1.54, 1.807) is 0 Å². The minimum atomic E-state index is -0.251. The molecule has 15 heavy (non-hydrogen) atoms. The Hall–Kier alpha value is -0.610. The molecule has 0 radical (unpaired) electrons. The zero-order valence-electron chi connectivity index (χ0n) is 9.28. The van der Waals surface area contributed by atoms with Crippen molar-refractivity contribution in [3.63, 3.8) is 0 Å². The molecule has 1 amide bonds. The van der Waals surface area contributed by atoms with Crippen molar-refractivity contribution in [1.29, 1.82) is 0 Å². The lowest BCUT2D eigenvalue weighted by Gasteiger charge is -2.36. The Labute approximate surface area is 90.6 Å². The first kappa shape index (κ1) is 10.9. The predicted molar refractivity (Wildman–Crippen MR) is 57.4 cm³/mol. The highest BCUT2D eigenvalue weighted by atomic mass is 16.3. The third-order valence-electron chi connectivity index (χ3n) is 3.63. The lowest BCUT2D eigenvalue weighted by molar-refractivity contribution is -0.124. The van der Waals surface area contributed by atoms with Gasteiger partial charge in [-0.25, -0.2) is 0 Å². The lowest BCUT2D eigenvalue weighted by atomic mass is 9.91. The van der Waals surface area contributed by atoms with Crippen molar-refractivity contribution in [1.82, 2.24) is 10.2 Å². The number of amides is 1. The van der Waals surface area contributed by atoms with Gasteiger partial charge in [-0.1, -0.05) is 6.92 Å². The number of aliphatic hydroxyl groups excluding tert-OH is 1. The normalized spacial score (nSPS) is 33.6. The first-order valence-electron chi connectivity index (χ1n) is 5.92. The summed E-state index contributed by atoms with van der Waals surface area (Å²) in [6.45, 7) is 4.49. The smallest absolute Gasteiger partial charge is 0.224 e. The molecule has 2 aliphatic rings. The molecule has 4 nitrogen and oxygen atoms in total. The predicted octanol–water partition coefficient (Wildman–Crippen LogP) is -0.0323. The molecule has 2 fully saturated rings. The largest absolute Gasteiger partial charge is 0.392 e. The minimum absolute atomic E-state index is 0.169. The van der Waals surface area contributed by atoms with Crippen LogP contribution in [0.15, 0.2) is 0 Å². The Bertz CT molecular complexity index is 245. The van der Waals surface area contributed by atoms with Gasteiger partial charge in [0.1, 0.15) is 0 Å². The van der Waals surface area contributed by atoms with Crippen LogP contribution in [0.1, 0.15) is 26.2 Å². The van der Waals surface area contributed by atoms with E-state index < -0.39 is 0 Å². The van der Waals surface area contributed by atoms with Gasteiger partial charge in [-0.3, -0.25) is 9.69 Å². The summed E-state index contributed by atoms with van der Waals surface area (Å²) < 4.78 is 0. The molecule has 2 heterocycles. The molecule has 0 aromatic rings. The Kier molecular flexibility index (Phi) is 3.26. The first-order chi connectivity index (χ1) is 7.22. The number of hydrogen-bond acceptors (Lipinski definition) is 3. The summed E-state index contributed by atoms with van der Waals surface area (Å²) in [6, 6.07) is 0.326. The van der Waals surface area contributed by atoms with Crippen LogP contribution in [-0.2, 0) is 4.79 Å². The summed E-state index contributed by atoms with van der Waals surface area (Å²) in [6.07, 6.45) is 2.62. The van der Waals surface area contributed by atoms with Gasteiger partial charge in [0.25, 0.3) is 0 Å². The van der Waals surface area contributed by atoms with Gasteiger partial charge >= 0.3 is 0 Å². The van der Waals surface area contributed by atoms with Gasteiger partial charge in [-0.05, 0) is 25.8 Å². The van der Waals surface area contributed by atoms with Crippen molar-refractivity contribution in [2.75, 3.05) is 19.6 Å². The fourth-order valence-corrected chi connectivity index (χ4v) is 2.67. The summed E-state index contributed by atoms with van der Waals surface area (Å²) in [5.74, 6) is 0.374. The SMILES string of the molecule is CCC(O)CN1CCCC2C(=O)NCC21. The molecular formula is C11H20N2O2. The average molecular weight is 212 g/mol. The summed E-state index contributed by atoms with van der Waals surface area (Å²) in [5, 5.41) is 12.6. The van der Waals surface area contributed by atoms with Crippen molar-refractivity contribution in [3.05, 3.63) is 0 Å². The number of nitrogens with zero attached hydrogens (tertiary/aromatic N) is 1. The van der Waals surface area contributed by atoms with E-state index in [9.17, 15) is 9.90 Å². The third kappa shape index (κ3) is 2.16. The standard InChI is InChI=1S/C11H20N2O2/c1-2-8(14)7-13-5-3-4-9-10(13)6-12-11(9)15/h8-10,14H,2-7H2,1H3,(H,12,15). The van der Waals surface area contributed by atoms with E-state index in [1.165, 1.54) is 0 Å². The number of piperidine rings is 1. The van der Waals surface area contributed by atoms with E-state index in [0.29, 0.717) is 12.6 Å². The molecule has 0 aromatic heterocycles. The molecular weight excluding hydrogens is 192 g/mol. The monoisotopic (exact) mass is 212 g/mol. The van der Waals surface area contributed by atoms with Crippen LogP contribution in [0.5, 0.6) is 0 Å². The van der Waals surface area contributed by atoms with Crippen LogP contribution < -0.4 is 5.32 Å². The molecule has 0 aromatic carbocycles. The molecule has 4 heteroatoms. The molecule has 0 bridgehead atoms. The number of nitrogens with one attached hydrogen (secondary N) is 1. The summed E-state index contributed by atoms with van der Waals surface area (Å²) >= 11 is 0. The van der Waals surface area contributed by atoms with E-state index in [0.717, 1.165) is 32.4 Å². The second-order valence-electron chi connectivity index (χ2n) is 4.62. The fourth-order valence-electron chi connectivity index (χ4n) is 2.67. The topological polar surface area (TPSA) is 52.6 Å². The zero-order chi connectivity index (χ0) is 10.8. The molecule has 0 aliphatic carbocycles. The number of likely N-dealkylation sites (tertiary alicyclic amines) is 1. The number of rotatable bonds is 3. The highest BCUT2D eigenvalue weighted by Gasteiger charge is 2.40. The van der Waals surface area contributed by atoms with Crippen molar-refractivity contribution >= 4 is 5.91 Å². The van der Waals surface area contributed by atoms with E-state index in [4.69, 9.17) is 0 Å². The Morgan fingerprint density at radius 2 is 2.47 bits per heavy atom. The number of fused-ring (bicyclic) bond motifs is 1. The number of carbonyl (C=O) groups excluding carboxylic acids is 1. The van der Waals surface area contributed by atoms with Crippen LogP contribution in [-0.4, -0.2) is 47.7 Å². The average Bonchev–Trinajstić information content (AvgIpc) is 2.62. The van der Waals surface area contributed by atoms with Gasteiger partial charge in [-0.2, -0.15) is 0 Å². The van der Waals surface area contributed by atoms with Crippen molar-refractivity contribution < 1.29 is 9.90 Å². The third-order valence-corrected chi connectivity index (χ3v) is 3.63. The minimum Gasteiger partial charge on any atom is -0.392 e. The van der Waals surface area contributed by atoms with Crippen molar-refractivity contribution in [2.45, 2.75) is 38.3 Å². The molecule has 86 valence electrons. The van der Waals surface area contributed by atoms with Crippen LogP contribution in [0.3, 0.4) is 0 Å². The van der Waals surface area contributed by atoms with Gasteiger partial charge in [0.15, 0.2) is 0 Å². The van der Waals surface area contributed by atoms with E-state index >= 15 is 0 Å². The summed E-state index contributed by atoms with van der Waals surface area (Å²) in [7, 11) is 0. The maximum absolute atomic E-state index is 11.5. The number of aliphatic hydroxyl groups is 1. The maximum atomic E-state index is 11.5. The van der Waals surface area contributed by atoms with Crippen LogP contribution in [0.25, 0.3) is 0 Å². The molecule has 0 spiro atoms. The molecule has 0 saturated carbocycles. The Balaban J connectivity index is 1.97. The van der Waals surface area contributed by atoms with Crippen LogP contribution in [0.2, 0.25) is 0 Å². The highest BCUT2D eigenvalue weighted by molar-refractivity contribution is 5.82. The quantitative estimate of drug-likeness (QED) is 0.690. The fraction of sp³-hybridized carbons (Fsp3) is 0.909. The second kappa shape index (κ2) is 4.49. The van der Waals surface area contributed by atoms with Gasteiger partial charge < -0.3 is 10.4 Å². The molecule has 2 saturated heterocycles. The Morgan fingerprint density at radius 3 is 3.20 bits per heavy atom. The van der Waals surface area contributed by atoms with Crippen LogP contribution in [0.4, 0.5) is 0 Å². The molecule has 2 N–H and O–H groups in total. The van der Waals surface area contributed by atoms with Gasteiger partial charge in [0.2, 0.25) is 5.91 Å². The maximum Gasteiger partial charge on any atom is 0.224 e. The van der Waals surface area contributed by atoms with Crippen LogP contribution in [0, 0.1) is 5.92 Å². The van der Waals surface area contributed by atoms with E-state index in [1.807, 2.05) is 6.92 Å².